The number of ether oxygens (including phenoxy) is 1. The van der Waals surface area contributed by atoms with Crippen molar-refractivity contribution in [1.82, 2.24) is 4.90 Å². The molecule has 0 aromatic carbocycles. The van der Waals surface area contributed by atoms with Crippen LogP contribution in [0.2, 0.25) is 0 Å². The van der Waals surface area contributed by atoms with Crippen molar-refractivity contribution in [3.8, 4) is 0 Å². The zero-order valence-electron chi connectivity index (χ0n) is 7.97. The summed E-state index contributed by atoms with van der Waals surface area (Å²) < 4.78 is 5.11. The van der Waals surface area contributed by atoms with Gasteiger partial charge >= 0.3 is 0 Å². The van der Waals surface area contributed by atoms with Gasteiger partial charge in [0.1, 0.15) is 0 Å². The molecule has 70 valence electrons. The van der Waals surface area contributed by atoms with Crippen LogP contribution in [0.5, 0.6) is 0 Å². The number of hydrogen-bond donors (Lipinski definition) is 1. The summed E-state index contributed by atoms with van der Waals surface area (Å²) in [6.07, 6.45) is 3.40. The molecule has 3 nitrogen and oxygen atoms in total. The Kier molecular flexibility index (Phi) is 3.53. The summed E-state index contributed by atoms with van der Waals surface area (Å²) in [4.78, 5) is 2.15. The first-order chi connectivity index (χ1) is 5.74. The molecule has 0 amide bonds. The van der Waals surface area contributed by atoms with Crippen molar-refractivity contribution < 1.29 is 4.74 Å². The highest BCUT2D eigenvalue weighted by atomic mass is 16.5. The van der Waals surface area contributed by atoms with E-state index in [9.17, 15) is 0 Å². The Morgan fingerprint density at radius 3 is 2.58 bits per heavy atom. The molecule has 0 bridgehead atoms. The van der Waals surface area contributed by atoms with Gasteiger partial charge < -0.3 is 9.64 Å². The minimum absolute atomic E-state index is 0.179. The van der Waals surface area contributed by atoms with Gasteiger partial charge in [0.25, 0.3) is 0 Å². The van der Waals surface area contributed by atoms with Gasteiger partial charge in [-0.2, -0.15) is 0 Å². The maximum absolute atomic E-state index is 7.77. The molecule has 1 saturated heterocycles. The second kappa shape index (κ2) is 4.45. The SMILES string of the molecule is COC(C)CC(=N)N1CCCC1. The molecule has 1 heterocycles. The number of rotatable bonds is 3. The molecule has 1 aliphatic rings. The minimum Gasteiger partial charge on any atom is -0.381 e. The van der Waals surface area contributed by atoms with Crippen molar-refractivity contribution in [2.24, 2.45) is 0 Å². The summed E-state index contributed by atoms with van der Waals surface area (Å²) in [5.41, 5.74) is 0. The molecule has 1 unspecified atom stereocenters. The van der Waals surface area contributed by atoms with Gasteiger partial charge in [-0.25, -0.2) is 0 Å². The monoisotopic (exact) mass is 170 g/mol. The van der Waals surface area contributed by atoms with E-state index < -0.39 is 0 Å². The molecule has 0 aromatic heterocycles. The molecule has 0 radical (unpaired) electrons. The number of hydrogen-bond acceptors (Lipinski definition) is 2. The van der Waals surface area contributed by atoms with Crippen molar-refractivity contribution in [2.75, 3.05) is 20.2 Å². The predicted octanol–water partition coefficient (Wildman–Crippen LogP) is 1.48. The number of methoxy groups -OCH3 is 1. The fourth-order valence-corrected chi connectivity index (χ4v) is 1.47. The molecular weight excluding hydrogens is 152 g/mol. The number of nitrogens with one attached hydrogen (secondary N) is 1. The maximum Gasteiger partial charge on any atom is 0.0983 e. The highest BCUT2D eigenvalue weighted by Crippen LogP contribution is 2.10. The van der Waals surface area contributed by atoms with E-state index in [-0.39, 0.29) is 6.10 Å². The third-order valence-corrected chi connectivity index (χ3v) is 2.37. The second-order valence-electron chi connectivity index (χ2n) is 3.39. The van der Waals surface area contributed by atoms with Crippen LogP contribution in [0.1, 0.15) is 26.2 Å². The third-order valence-electron chi connectivity index (χ3n) is 2.37. The molecule has 0 saturated carbocycles. The van der Waals surface area contributed by atoms with Crippen LogP contribution in [0.25, 0.3) is 0 Å². The second-order valence-corrected chi connectivity index (χ2v) is 3.39. The maximum atomic E-state index is 7.77. The summed E-state index contributed by atoms with van der Waals surface area (Å²) in [5.74, 6) is 0.738. The Balaban J connectivity index is 2.27. The minimum atomic E-state index is 0.179. The largest absolute Gasteiger partial charge is 0.381 e. The summed E-state index contributed by atoms with van der Waals surface area (Å²) in [6.45, 7) is 4.13. The van der Waals surface area contributed by atoms with Crippen LogP contribution in [-0.2, 0) is 4.74 Å². The highest BCUT2D eigenvalue weighted by Gasteiger charge is 2.16. The van der Waals surface area contributed by atoms with Gasteiger partial charge in [0.2, 0.25) is 0 Å². The molecule has 1 aliphatic heterocycles. The molecule has 1 atom stereocenters. The van der Waals surface area contributed by atoms with Gasteiger partial charge in [-0.3, -0.25) is 5.41 Å². The predicted molar refractivity (Wildman–Crippen MR) is 49.6 cm³/mol. The zero-order chi connectivity index (χ0) is 8.97. The van der Waals surface area contributed by atoms with Crippen LogP contribution in [0.4, 0.5) is 0 Å². The lowest BCUT2D eigenvalue weighted by atomic mass is 10.2. The molecule has 0 aromatic rings. The van der Waals surface area contributed by atoms with Crippen LogP contribution >= 0.6 is 0 Å². The number of amidine groups is 1. The van der Waals surface area contributed by atoms with Gasteiger partial charge in [-0.1, -0.05) is 0 Å². The lowest BCUT2D eigenvalue weighted by Gasteiger charge is -2.20. The van der Waals surface area contributed by atoms with Crippen LogP contribution < -0.4 is 0 Å². The first-order valence-corrected chi connectivity index (χ1v) is 4.59. The van der Waals surface area contributed by atoms with Crippen LogP contribution in [0.3, 0.4) is 0 Å². The quantitative estimate of drug-likeness (QED) is 0.514. The van der Waals surface area contributed by atoms with E-state index in [2.05, 4.69) is 4.90 Å². The fraction of sp³-hybridized carbons (Fsp3) is 0.889. The van der Waals surface area contributed by atoms with Gasteiger partial charge in [-0.05, 0) is 19.8 Å². The van der Waals surface area contributed by atoms with Crippen molar-refractivity contribution >= 4 is 5.84 Å². The van der Waals surface area contributed by atoms with E-state index in [4.69, 9.17) is 10.1 Å². The van der Waals surface area contributed by atoms with Gasteiger partial charge in [-0.15, -0.1) is 0 Å². The zero-order valence-corrected chi connectivity index (χ0v) is 7.97. The molecule has 1 N–H and O–H groups in total. The topological polar surface area (TPSA) is 36.3 Å². The average molecular weight is 170 g/mol. The molecule has 0 aliphatic carbocycles. The smallest absolute Gasteiger partial charge is 0.0983 e. The fourth-order valence-electron chi connectivity index (χ4n) is 1.47. The summed E-state index contributed by atoms with van der Waals surface area (Å²) in [7, 11) is 1.70. The van der Waals surface area contributed by atoms with Crippen molar-refractivity contribution in [3.05, 3.63) is 0 Å². The van der Waals surface area contributed by atoms with Crippen LogP contribution in [-0.4, -0.2) is 37.0 Å². The van der Waals surface area contributed by atoms with E-state index in [1.54, 1.807) is 7.11 Å². The average Bonchev–Trinajstić information content (AvgIpc) is 2.56. The lowest BCUT2D eigenvalue weighted by Crippen LogP contribution is -2.29. The van der Waals surface area contributed by atoms with Crippen molar-refractivity contribution in [3.63, 3.8) is 0 Å². The Hall–Kier alpha value is -0.570. The third kappa shape index (κ3) is 2.48. The number of likely N-dealkylation sites (tertiary alicyclic amines) is 1. The molecule has 1 fully saturated rings. The normalized spacial score (nSPS) is 19.7. The van der Waals surface area contributed by atoms with E-state index in [1.165, 1.54) is 12.8 Å². The summed E-state index contributed by atoms with van der Waals surface area (Å²) in [6, 6.07) is 0. The molecular formula is C9H18N2O. The van der Waals surface area contributed by atoms with Gasteiger partial charge in [0.05, 0.1) is 11.9 Å². The summed E-state index contributed by atoms with van der Waals surface area (Å²) in [5, 5.41) is 7.77. The molecule has 1 rings (SSSR count). The van der Waals surface area contributed by atoms with E-state index in [0.717, 1.165) is 25.3 Å². The number of nitrogens with zero attached hydrogens (tertiary/aromatic N) is 1. The lowest BCUT2D eigenvalue weighted by molar-refractivity contribution is 0.122. The molecule has 3 heteroatoms. The van der Waals surface area contributed by atoms with Crippen LogP contribution in [0, 0.1) is 5.41 Å². The Morgan fingerprint density at radius 2 is 2.08 bits per heavy atom. The van der Waals surface area contributed by atoms with E-state index >= 15 is 0 Å². The van der Waals surface area contributed by atoms with Gasteiger partial charge in [0.15, 0.2) is 0 Å². The standard InChI is InChI=1S/C9H18N2O/c1-8(12-2)7-9(10)11-5-3-4-6-11/h8,10H,3-7H2,1-2H3. The Labute approximate surface area is 74.2 Å². The summed E-state index contributed by atoms with van der Waals surface area (Å²) >= 11 is 0. The molecule has 0 spiro atoms. The van der Waals surface area contributed by atoms with Gasteiger partial charge in [0, 0.05) is 26.6 Å². The molecule has 12 heavy (non-hydrogen) atoms. The Bertz CT molecular complexity index is 153. The Morgan fingerprint density at radius 1 is 1.50 bits per heavy atom. The van der Waals surface area contributed by atoms with E-state index in [0.29, 0.717) is 0 Å². The first-order valence-electron chi connectivity index (χ1n) is 4.59. The van der Waals surface area contributed by atoms with Crippen molar-refractivity contribution in [2.45, 2.75) is 32.3 Å². The van der Waals surface area contributed by atoms with Crippen molar-refractivity contribution in [1.29, 1.82) is 5.41 Å². The van der Waals surface area contributed by atoms with E-state index in [1.807, 2.05) is 6.92 Å². The first kappa shape index (κ1) is 9.52. The highest BCUT2D eigenvalue weighted by molar-refractivity contribution is 5.79. The van der Waals surface area contributed by atoms with Crippen LogP contribution in [0.15, 0.2) is 0 Å².